The van der Waals surface area contributed by atoms with Crippen LogP contribution in [-0.4, -0.2) is 43.0 Å². The molecule has 0 radical (unpaired) electrons. The Kier molecular flexibility index (Phi) is 9.08. The molecule has 2 aromatic rings. The van der Waals surface area contributed by atoms with E-state index in [-0.39, 0.29) is 36.4 Å². The summed E-state index contributed by atoms with van der Waals surface area (Å²) in [6.45, 7) is 3.11. The van der Waals surface area contributed by atoms with Crippen molar-refractivity contribution >= 4 is 46.7 Å². The summed E-state index contributed by atoms with van der Waals surface area (Å²) in [4.78, 5) is 19.6. The molecule has 0 bridgehead atoms. The molecule has 1 aliphatic rings. The summed E-state index contributed by atoms with van der Waals surface area (Å²) < 4.78 is 0. The van der Waals surface area contributed by atoms with Crippen molar-refractivity contribution < 1.29 is 4.79 Å². The maximum absolute atomic E-state index is 12.1. The first-order valence-electron chi connectivity index (χ1n) is 9.96. The number of nitrogens with zero attached hydrogens (tertiary/aromatic N) is 1. The number of hydrogen-bond acceptors (Lipinski definition) is 2. The summed E-state index contributed by atoms with van der Waals surface area (Å²) in [5, 5.41) is 10.8. The van der Waals surface area contributed by atoms with Crippen LogP contribution in [0.1, 0.15) is 43.2 Å². The zero-order chi connectivity index (χ0) is 19.1. The van der Waals surface area contributed by atoms with Crippen LogP contribution < -0.4 is 16.0 Å². The second kappa shape index (κ2) is 11.3. The number of fused-ring (bicyclic) bond motifs is 1. The fraction of sp³-hybridized carbons (Fsp3) is 0.524. The number of halogens is 1. The third kappa shape index (κ3) is 6.39. The van der Waals surface area contributed by atoms with E-state index in [4.69, 9.17) is 0 Å². The van der Waals surface area contributed by atoms with E-state index >= 15 is 0 Å². The van der Waals surface area contributed by atoms with Crippen LogP contribution in [0.4, 0.5) is 0 Å². The first-order valence-corrected chi connectivity index (χ1v) is 9.96. The molecule has 3 rings (SSSR count). The summed E-state index contributed by atoms with van der Waals surface area (Å²) in [6.07, 6.45) is 8.88. The predicted octanol–water partition coefficient (Wildman–Crippen LogP) is 3.25. The van der Waals surface area contributed by atoms with Crippen molar-refractivity contribution in [1.82, 2.24) is 20.9 Å². The minimum atomic E-state index is 0. The average molecular weight is 497 g/mol. The molecule has 1 aromatic carbocycles. The molecule has 0 spiro atoms. The topological polar surface area (TPSA) is 81.3 Å². The van der Waals surface area contributed by atoms with Gasteiger partial charge in [-0.2, -0.15) is 0 Å². The van der Waals surface area contributed by atoms with E-state index in [1.54, 1.807) is 7.05 Å². The van der Waals surface area contributed by atoms with Gasteiger partial charge in [-0.25, -0.2) is 0 Å². The number of aromatic nitrogens is 1. The van der Waals surface area contributed by atoms with Crippen LogP contribution >= 0.6 is 24.0 Å². The number of aromatic amines is 1. The van der Waals surface area contributed by atoms with Crippen molar-refractivity contribution in [2.24, 2.45) is 4.99 Å². The zero-order valence-corrected chi connectivity index (χ0v) is 19.1. The molecule has 7 heteroatoms. The summed E-state index contributed by atoms with van der Waals surface area (Å²) in [5.41, 5.74) is 3.71. The summed E-state index contributed by atoms with van der Waals surface area (Å²) in [5.74, 6) is 0.696. The number of guanidine groups is 1. The molecule has 154 valence electrons. The molecular formula is C21H32IN5O. The molecular weight excluding hydrogens is 465 g/mol. The van der Waals surface area contributed by atoms with Gasteiger partial charge in [0.1, 0.15) is 0 Å². The first kappa shape index (κ1) is 22.5. The molecule has 4 N–H and O–H groups in total. The molecule has 1 heterocycles. The molecule has 0 aliphatic heterocycles. The number of nitrogens with one attached hydrogen (secondary N) is 4. The van der Waals surface area contributed by atoms with Crippen molar-refractivity contribution in [3.8, 4) is 0 Å². The number of aliphatic imine (C=N–C) groups is 1. The highest BCUT2D eigenvalue weighted by Crippen LogP contribution is 2.19. The normalized spacial score (nSPS) is 15.1. The Bertz CT molecular complexity index is 795. The molecule has 1 fully saturated rings. The lowest BCUT2D eigenvalue weighted by atomic mass is 9.95. The van der Waals surface area contributed by atoms with E-state index in [2.05, 4.69) is 57.2 Å². The highest BCUT2D eigenvalue weighted by molar-refractivity contribution is 14.0. The standard InChI is InChI=1S/C21H31N5O.HI/c1-15-8-9-18-16(13-24-19(18)12-15)10-11-23-21(22-2)25-14-20(27)26-17-6-4-3-5-7-17;/h8-9,12-13,17,24H,3-7,10-11,14H2,1-2H3,(H,26,27)(H2,22,23,25);1H. The first-order chi connectivity index (χ1) is 13.2. The number of aryl methyl sites for hydroxylation is 1. The van der Waals surface area contributed by atoms with Gasteiger partial charge in [0.05, 0.1) is 6.54 Å². The van der Waals surface area contributed by atoms with Gasteiger partial charge in [0.15, 0.2) is 5.96 Å². The van der Waals surface area contributed by atoms with Crippen molar-refractivity contribution in [3.63, 3.8) is 0 Å². The SMILES string of the molecule is CN=C(NCCc1c[nH]c2cc(C)ccc12)NCC(=O)NC1CCCCC1.I. The summed E-state index contributed by atoms with van der Waals surface area (Å²) in [6, 6.07) is 6.81. The van der Waals surface area contributed by atoms with Gasteiger partial charge < -0.3 is 20.9 Å². The van der Waals surface area contributed by atoms with Crippen LogP contribution in [0.3, 0.4) is 0 Å². The Morgan fingerprint density at radius 2 is 2.00 bits per heavy atom. The van der Waals surface area contributed by atoms with Gasteiger partial charge in [0, 0.05) is 36.7 Å². The number of amides is 1. The van der Waals surface area contributed by atoms with Crippen molar-refractivity contribution in [2.45, 2.75) is 51.5 Å². The minimum absolute atomic E-state index is 0. The molecule has 28 heavy (non-hydrogen) atoms. The van der Waals surface area contributed by atoms with Crippen LogP contribution in [-0.2, 0) is 11.2 Å². The van der Waals surface area contributed by atoms with Crippen molar-refractivity contribution in [1.29, 1.82) is 0 Å². The lowest BCUT2D eigenvalue weighted by Gasteiger charge is -2.23. The molecule has 1 aromatic heterocycles. The van der Waals surface area contributed by atoms with Crippen LogP contribution in [0.15, 0.2) is 29.4 Å². The molecule has 0 saturated heterocycles. The zero-order valence-electron chi connectivity index (χ0n) is 16.8. The molecule has 1 amide bonds. The van der Waals surface area contributed by atoms with E-state index in [1.807, 2.05) is 0 Å². The Morgan fingerprint density at radius 3 is 2.75 bits per heavy atom. The lowest BCUT2D eigenvalue weighted by Crippen LogP contribution is -2.46. The fourth-order valence-electron chi connectivity index (χ4n) is 3.73. The summed E-state index contributed by atoms with van der Waals surface area (Å²) >= 11 is 0. The van der Waals surface area contributed by atoms with Gasteiger partial charge in [-0.1, -0.05) is 31.4 Å². The van der Waals surface area contributed by atoms with Crippen molar-refractivity contribution in [3.05, 3.63) is 35.5 Å². The Balaban J connectivity index is 0.00000280. The molecule has 1 saturated carbocycles. The van der Waals surface area contributed by atoms with E-state index in [1.165, 1.54) is 41.3 Å². The quantitative estimate of drug-likeness (QED) is 0.281. The van der Waals surface area contributed by atoms with Gasteiger partial charge in [-0.15, -0.1) is 24.0 Å². The van der Waals surface area contributed by atoms with Gasteiger partial charge >= 0.3 is 0 Å². The maximum atomic E-state index is 12.1. The number of rotatable bonds is 6. The highest BCUT2D eigenvalue weighted by Gasteiger charge is 2.15. The number of carbonyl (C=O) groups excluding carboxylic acids is 1. The molecule has 0 unspecified atom stereocenters. The Labute approximate surface area is 184 Å². The van der Waals surface area contributed by atoms with E-state index < -0.39 is 0 Å². The molecule has 0 atom stereocenters. The van der Waals surface area contributed by atoms with Crippen LogP contribution in [0, 0.1) is 6.92 Å². The second-order valence-electron chi connectivity index (χ2n) is 7.37. The van der Waals surface area contributed by atoms with Crippen molar-refractivity contribution in [2.75, 3.05) is 20.1 Å². The van der Waals surface area contributed by atoms with Gasteiger partial charge in [0.25, 0.3) is 0 Å². The predicted molar refractivity (Wildman–Crippen MR) is 127 cm³/mol. The van der Waals surface area contributed by atoms with Crippen LogP contribution in [0.2, 0.25) is 0 Å². The summed E-state index contributed by atoms with van der Waals surface area (Å²) in [7, 11) is 1.73. The smallest absolute Gasteiger partial charge is 0.239 e. The monoisotopic (exact) mass is 497 g/mol. The Morgan fingerprint density at radius 1 is 1.21 bits per heavy atom. The number of carbonyl (C=O) groups is 1. The molecule has 6 nitrogen and oxygen atoms in total. The average Bonchev–Trinajstić information content (AvgIpc) is 3.07. The molecule has 1 aliphatic carbocycles. The highest BCUT2D eigenvalue weighted by atomic mass is 127. The lowest BCUT2D eigenvalue weighted by molar-refractivity contribution is -0.120. The van der Waals surface area contributed by atoms with Gasteiger partial charge in [-0.3, -0.25) is 9.79 Å². The maximum Gasteiger partial charge on any atom is 0.239 e. The number of benzene rings is 1. The fourth-order valence-corrected chi connectivity index (χ4v) is 3.73. The van der Waals surface area contributed by atoms with Gasteiger partial charge in [0.2, 0.25) is 5.91 Å². The van der Waals surface area contributed by atoms with Gasteiger partial charge in [-0.05, 0) is 43.4 Å². The van der Waals surface area contributed by atoms with Crippen LogP contribution in [0.25, 0.3) is 10.9 Å². The van der Waals surface area contributed by atoms with Crippen LogP contribution in [0.5, 0.6) is 0 Å². The minimum Gasteiger partial charge on any atom is -0.361 e. The van der Waals surface area contributed by atoms with E-state index in [0.29, 0.717) is 12.0 Å². The number of hydrogen-bond donors (Lipinski definition) is 4. The van der Waals surface area contributed by atoms with E-state index in [9.17, 15) is 4.79 Å². The third-order valence-electron chi connectivity index (χ3n) is 5.22. The number of H-pyrrole nitrogens is 1. The van der Waals surface area contributed by atoms with E-state index in [0.717, 1.165) is 25.8 Å². The Hall–Kier alpha value is -1.77. The third-order valence-corrected chi connectivity index (χ3v) is 5.22. The second-order valence-corrected chi connectivity index (χ2v) is 7.37. The largest absolute Gasteiger partial charge is 0.361 e.